The molecule has 2 amide bonds. The zero-order chi connectivity index (χ0) is 105. The van der Waals surface area contributed by atoms with Gasteiger partial charge in [-0.2, -0.15) is 0 Å². The Bertz CT molecular complexity index is 6140. The van der Waals surface area contributed by atoms with Crippen LogP contribution in [0.1, 0.15) is 190 Å². The van der Waals surface area contributed by atoms with E-state index in [2.05, 4.69) is 5.32 Å². The minimum atomic E-state index is -2.04. The molecule has 0 spiro atoms. The predicted molar refractivity (Wildman–Crippen MR) is 543 cm³/mol. The fourth-order valence-corrected chi connectivity index (χ4v) is 18.5. The average Bonchev–Trinajstić information content (AvgIpc) is 0.965. The fraction of sp³-hybridized carbons (Fsp3) is 0.347. The maximum atomic E-state index is 15.1. The molecule has 784 valence electrons. The summed E-state index contributed by atoms with van der Waals surface area (Å²) in [5, 5.41) is 14.1. The number of hydrogen-bond acceptors (Lipinski definition) is 30. The first-order chi connectivity index (χ1) is 73.1. The Balaban J connectivity index is 0.671. The van der Waals surface area contributed by atoms with E-state index in [-0.39, 0.29) is 88.9 Å². The number of carbonyl (C=O) groups excluding carboxylic acids is 11. The van der Waals surface area contributed by atoms with Crippen molar-refractivity contribution in [2.75, 3.05) is 60.3 Å². The summed E-state index contributed by atoms with van der Waals surface area (Å²) in [4.78, 5) is 161. The van der Waals surface area contributed by atoms with Gasteiger partial charge in [-0.15, -0.1) is 0 Å². The second-order valence-corrected chi connectivity index (χ2v) is 36.6. The van der Waals surface area contributed by atoms with Crippen molar-refractivity contribution in [2.24, 2.45) is 5.92 Å². The lowest BCUT2D eigenvalue weighted by Crippen LogP contribution is -2.66. The van der Waals surface area contributed by atoms with Crippen molar-refractivity contribution in [2.45, 2.75) is 195 Å². The van der Waals surface area contributed by atoms with Crippen LogP contribution in [0.25, 0.3) is 0 Å². The summed E-state index contributed by atoms with van der Waals surface area (Å²) in [5.74, 6) is -8.66. The quantitative estimate of drug-likeness (QED) is 0.0155. The zero-order valence-electron chi connectivity index (χ0n) is 83.6. The van der Waals surface area contributed by atoms with Gasteiger partial charge >= 0.3 is 53.7 Å². The van der Waals surface area contributed by atoms with Gasteiger partial charge in [-0.25, -0.2) is 38.4 Å². The van der Waals surface area contributed by atoms with E-state index in [0.29, 0.717) is 82.3 Å². The molecule has 11 aromatic carbocycles. The molecule has 15 unspecified atom stereocenters. The lowest BCUT2D eigenvalue weighted by molar-refractivity contribution is -0.358. The van der Waals surface area contributed by atoms with Crippen molar-refractivity contribution in [3.8, 4) is 11.5 Å². The summed E-state index contributed by atoms with van der Waals surface area (Å²) >= 11 is 0. The van der Waals surface area contributed by atoms with Gasteiger partial charge in [0.05, 0.1) is 90.2 Å². The molecular formula is C118H122N2O30. The van der Waals surface area contributed by atoms with Crippen LogP contribution < -0.4 is 14.8 Å². The van der Waals surface area contributed by atoms with Crippen LogP contribution in [0, 0.1) is 5.92 Å². The van der Waals surface area contributed by atoms with Crippen LogP contribution in [0.2, 0.25) is 0 Å². The van der Waals surface area contributed by atoms with E-state index in [1.807, 2.05) is 78.9 Å². The summed E-state index contributed by atoms with van der Waals surface area (Å²) in [6.45, 7) is 1.18. The van der Waals surface area contributed by atoms with Crippen LogP contribution in [-0.2, 0) is 95.8 Å². The lowest BCUT2D eigenvalue weighted by Gasteiger charge is -2.49. The van der Waals surface area contributed by atoms with Crippen LogP contribution in [0.5, 0.6) is 11.5 Å². The highest BCUT2D eigenvalue weighted by atomic mass is 16.8. The molecule has 4 aliphatic heterocycles. The minimum absolute atomic E-state index is 0.00192. The van der Waals surface area contributed by atoms with Gasteiger partial charge in [-0.1, -0.05) is 239 Å². The zero-order valence-corrected chi connectivity index (χ0v) is 83.6. The molecule has 2 N–H and O–H groups in total. The van der Waals surface area contributed by atoms with Crippen molar-refractivity contribution < 1.29 is 143 Å². The number of benzene rings is 11. The number of methoxy groups -OCH3 is 2. The molecule has 17 atom stereocenters. The van der Waals surface area contributed by atoms with Crippen LogP contribution in [-0.4, -0.2) is 234 Å². The maximum Gasteiger partial charge on any atom is 0.338 e. The number of likely N-dealkylation sites (tertiary alicyclic amines) is 1. The van der Waals surface area contributed by atoms with Gasteiger partial charge in [0.15, 0.2) is 61.6 Å². The van der Waals surface area contributed by atoms with Gasteiger partial charge in [0.2, 0.25) is 11.8 Å². The molecule has 0 bridgehead atoms. The largest absolute Gasteiger partial charge is 0.497 e. The van der Waals surface area contributed by atoms with Gasteiger partial charge in [0, 0.05) is 45.4 Å². The maximum absolute atomic E-state index is 15.1. The van der Waals surface area contributed by atoms with Gasteiger partial charge in [0.25, 0.3) is 0 Å². The fourth-order valence-electron chi connectivity index (χ4n) is 18.5. The molecule has 150 heavy (non-hydrogen) atoms. The first-order valence-electron chi connectivity index (χ1n) is 50.4. The molecule has 32 heteroatoms. The third-order valence-electron chi connectivity index (χ3n) is 26.3. The van der Waals surface area contributed by atoms with Crippen LogP contribution in [0.4, 0.5) is 0 Å². The van der Waals surface area contributed by atoms with Crippen LogP contribution in [0.15, 0.2) is 322 Å². The molecule has 15 rings (SSSR count). The highest BCUT2D eigenvalue weighted by Crippen LogP contribution is 2.45. The Morgan fingerprint density at radius 2 is 0.673 bits per heavy atom. The number of ether oxygens (including phenoxy) is 18. The predicted octanol–water partition coefficient (Wildman–Crippen LogP) is 16.6. The summed E-state index contributed by atoms with van der Waals surface area (Å²) in [7, 11) is 3.22. The molecule has 0 aromatic heterocycles. The van der Waals surface area contributed by atoms with Gasteiger partial charge in [-0.05, 0) is 170 Å². The molecule has 4 heterocycles. The van der Waals surface area contributed by atoms with E-state index in [1.54, 1.807) is 172 Å². The van der Waals surface area contributed by atoms with Crippen molar-refractivity contribution >= 4 is 65.5 Å². The smallest absolute Gasteiger partial charge is 0.338 e. The molecule has 32 nitrogen and oxygen atoms in total. The van der Waals surface area contributed by atoms with E-state index in [4.69, 9.17) is 85.3 Å². The second kappa shape index (κ2) is 54.7. The van der Waals surface area contributed by atoms with Crippen LogP contribution in [0.3, 0.4) is 0 Å². The number of hydrogen-bond donors (Lipinski definition) is 2. The highest BCUT2D eigenvalue weighted by Gasteiger charge is 2.59. The topological polar surface area (TPSA) is 389 Å². The summed E-state index contributed by atoms with van der Waals surface area (Å²) in [6.07, 6.45) is -19.5. The number of nitrogens with zero attached hydrogens (tertiary/aromatic N) is 1. The Morgan fingerprint density at radius 1 is 0.340 bits per heavy atom. The van der Waals surface area contributed by atoms with Gasteiger partial charge < -0.3 is 101 Å². The van der Waals surface area contributed by atoms with Gasteiger partial charge in [-0.3, -0.25) is 14.4 Å². The summed E-state index contributed by atoms with van der Waals surface area (Å²) < 4.78 is 117. The van der Waals surface area contributed by atoms with Crippen LogP contribution >= 0.6 is 0 Å². The van der Waals surface area contributed by atoms with E-state index in [9.17, 15) is 53.1 Å². The molecular weight excluding hydrogens is 1930 g/mol. The highest BCUT2D eigenvalue weighted by molar-refractivity contribution is 5.94. The van der Waals surface area contributed by atoms with Crippen molar-refractivity contribution in [1.82, 2.24) is 10.2 Å². The molecule has 0 saturated carbocycles. The number of esters is 9. The number of rotatable bonds is 48. The Hall–Kier alpha value is -15.1. The summed E-state index contributed by atoms with van der Waals surface area (Å²) in [6, 6.07) is 87.2. The summed E-state index contributed by atoms with van der Waals surface area (Å²) in [5.41, 5.74) is 1.65. The molecule has 4 aliphatic rings. The van der Waals surface area contributed by atoms with Gasteiger partial charge in [0.1, 0.15) is 48.6 Å². The van der Waals surface area contributed by atoms with Crippen molar-refractivity contribution in [1.29, 1.82) is 0 Å². The normalized spacial score (nSPS) is 21.9. The first kappa shape index (κ1) is 109. The first-order valence-corrected chi connectivity index (χ1v) is 50.4. The standard InChI is InChI=1S/C118H122N2O30/c1-77-94(74-138-116-105(148-113(131)85-53-31-15-32-54-85)102(146-111(129)83-49-27-13-28-50-83)100(144-109(127)81-45-23-11-24-46-81)95(142-116)75-136-107(125)79-41-19-9-20-42-79)141-115(135-70-40-8-6-5-7-37-59-97(123)119-69-39-18-38-60-98(124)120-72-91(122)71-90(120)73-139-118(87-57-35-17-36-58-87,88-61-65-92(133-3)66-62-88)89-63-67-93(134-4)68-64-89)104(140-78(2)121)99(77)150-117-106(149-114(132)86-55-33-16-34-56-86)103(147-112(130)84-51-29-14-30-52-84)101(145-110(128)82-47-25-12-26-48-82)96(143-117)76-137-108(126)80-43-21-10-22-44-80/h9-17,19-36,41-58,61-68,77,90-91,94-96,99-106,115-117,122H,5-8,18,37-40,59-60,69-76H2,1-4H3,(H,119,123)/t77?,90-,91+,94?,95?,96?,99?,100?,101?,102?,103?,104?,105?,106?,115?,116?,117?/m0/s1. The van der Waals surface area contributed by atoms with E-state index >= 15 is 4.79 Å². The molecule has 0 aliphatic carbocycles. The molecule has 4 fully saturated rings. The molecule has 0 radical (unpaired) electrons. The number of nitrogens with one attached hydrogen (secondary N) is 1. The second-order valence-electron chi connectivity index (χ2n) is 36.6. The lowest BCUT2D eigenvalue weighted by atomic mass is 9.80. The number of unbranched alkanes of at least 4 members (excludes halogenated alkanes) is 7. The average molecular weight is 2050 g/mol. The van der Waals surface area contributed by atoms with E-state index < -0.39 is 183 Å². The Kier molecular flexibility index (Phi) is 39.8. The van der Waals surface area contributed by atoms with Crippen molar-refractivity contribution in [3.05, 3.63) is 383 Å². The van der Waals surface area contributed by atoms with E-state index in [1.165, 1.54) is 97.1 Å². The SMILES string of the molecule is COc1ccc(C(OC[C@@H]2C[C@@H](O)CN2C(=O)CCCCCNC(=O)CCCCCCCCOC2OC(COC3OC(COC(=O)c4ccccc4)C(OC(=O)c4ccccc4)C(OC(=O)c4ccccc4)C3OC(=O)c3ccccc3)C(C)C(OC3OC(COC(=O)c4ccccc4)C(OC(=O)c4ccccc4)C(OC(=O)c4ccccc4)C3OC(=O)c3ccccc3)C2OC(C)=O)(c2ccccc2)c2ccc(OC)cc2)cc1. The van der Waals surface area contributed by atoms with E-state index in [0.717, 1.165) is 23.6 Å². The number of β-amino-alcohol motifs (C(OH)–C–C–N with tert-alkyl or cyclic N) is 1. The Labute approximate surface area is 869 Å². The number of aliphatic hydroxyl groups excluding tert-OH is 1. The third kappa shape index (κ3) is 29.3. The third-order valence-corrected chi connectivity index (χ3v) is 26.3. The monoisotopic (exact) mass is 2050 g/mol. The number of amides is 2. The molecule has 4 saturated heterocycles. The van der Waals surface area contributed by atoms with Crippen molar-refractivity contribution in [3.63, 3.8) is 0 Å². The Morgan fingerprint density at radius 3 is 1.09 bits per heavy atom. The number of carbonyl (C=O) groups is 11. The molecule has 11 aromatic rings. The minimum Gasteiger partial charge on any atom is -0.497 e. The number of aliphatic hydroxyl groups is 1.